The maximum atomic E-state index is 12.7. The van der Waals surface area contributed by atoms with Crippen LogP contribution in [0.5, 0.6) is 0 Å². The van der Waals surface area contributed by atoms with Crippen molar-refractivity contribution in [3.63, 3.8) is 0 Å². The highest BCUT2D eigenvalue weighted by molar-refractivity contribution is 5.87. The van der Waals surface area contributed by atoms with Gasteiger partial charge in [-0.3, -0.25) is 9.59 Å². The van der Waals surface area contributed by atoms with E-state index >= 15 is 0 Å². The molecule has 1 saturated heterocycles. The normalized spacial score (nSPS) is 18.0. The van der Waals surface area contributed by atoms with E-state index in [9.17, 15) is 19.7 Å². The number of hydrogen-bond donors (Lipinski definition) is 1. The van der Waals surface area contributed by atoms with Gasteiger partial charge in [0, 0.05) is 13.0 Å². The van der Waals surface area contributed by atoms with Gasteiger partial charge in [0.2, 0.25) is 5.91 Å². The van der Waals surface area contributed by atoms with Gasteiger partial charge < -0.3 is 10.2 Å². The van der Waals surface area contributed by atoms with Crippen molar-refractivity contribution < 1.29 is 19.5 Å². The van der Waals surface area contributed by atoms with Crippen LogP contribution in [0.25, 0.3) is 0 Å². The van der Waals surface area contributed by atoms with Gasteiger partial charge in [-0.15, -0.1) is 10.1 Å². The van der Waals surface area contributed by atoms with E-state index in [1.165, 1.54) is 4.90 Å². The molecule has 0 radical (unpaired) electrons. The van der Waals surface area contributed by atoms with Crippen LogP contribution in [0.1, 0.15) is 25.3 Å². The van der Waals surface area contributed by atoms with E-state index in [1.807, 2.05) is 18.2 Å². The molecule has 0 aliphatic carbocycles. The topological polar surface area (TPSA) is 102 Å². The SMILES string of the molecule is CCN(C(=O)[C@@H]1CCCN1)[C@@H](Cc1ccccc1)C(=O)O[N+](=O)[O-]. The van der Waals surface area contributed by atoms with Gasteiger partial charge in [0.25, 0.3) is 0 Å². The van der Waals surface area contributed by atoms with Crippen LogP contribution >= 0.6 is 0 Å². The van der Waals surface area contributed by atoms with Crippen molar-refractivity contribution in [1.82, 2.24) is 10.2 Å². The lowest BCUT2D eigenvalue weighted by Crippen LogP contribution is -2.52. The summed E-state index contributed by atoms with van der Waals surface area (Å²) < 4.78 is 0. The number of nitrogens with zero attached hydrogens (tertiary/aromatic N) is 2. The number of rotatable bonds is 7. The molecule has 0 saturated carbocycles. The molecule has 1 aliphatic rings. The van der Waals surface area contributed by atoms with E-state index in [4.69, 9.17) is 0 Å². The van der Waals surface area contributed by atoms with Crippen LogP contribution in [0.2, 0.25) is 0 Å². The maximum absolute atomic E-state index is 12.7. The van der Waals surface area contributed by atoms with E-state index in [1.54, 1.807) is 19.1 Å². The molecule has 0 unspecified atom stereocenters. The summed E-state index contributed by atoms with van der Waals surface area (Å²) in [5.41, 5.74) is 0.799. The van der Waals surface area contributed by atoms with Crippen LogP contribution in [0.3, 0.4) is 0 Å². The average molecular weight is 335 g/mol. The first-order chi connectivity index (χ1) is 11.5. The number of likely N-dealkylation sites (N-methyl/N-ethyl adjacent to an activating group) is 1. The second-order valence-corrected chi connectivity index (χ2v) is 5.61. The summed E-state index contributed by atoms with van der Waals surface area (Å²) in [6, 6.07) is 7.67. The van der Waals surface area contributed by atoms with Crippen LogP contribution in [-0.2, 0) is 20.8 Å². The van der Waals surface area contributed by atoms with Crippen molar-refractivity contribution in [3.8, 4) is 0 Å². The third-order valence-corrected chi connectivity index (χ3v) is 4.07. The molecule has 1 aromatic rings. The van der Waals surface area contributed by atoms with E-state index in [2.05, 4.69) is 10.2 Å². The molecule has 2 atom stereocenters. The highest BCUT2D eigenvalue weighted by atomic mass is 17.0. The fourth-order valence-electron chi connectivity index (χ4n) is 2.92. The zero-order chi connectivity index (χ0) is 17.5. The molecular weight excluding hydrogens is 314 g/mol. The number of carbonyl (C=O) groups is 2. The van der Waals surface area contributed by atoms with E-state index in [0.29, 0.717) is 6.42 Å². The van der Waals surface area contributed by atoms with Crippen LogP contribution in [0, 0.1) is 10.1 Å². The average Bonchev–Trinajstić information content (AvgIpc) is 3.09. The minimum Gasteiger partial charge on any atom is -0.329 e. The number of amides is 1. The lowest BCUT2D eigenvalue weighted by atomic mass is 10.0. The van der Waals surface area contributed by atoms with E-state index < -0.39 is 17.1 Å². The van der Waals surface area contributed by atoms with E-state index in [-0.39, 0.29) is 24.9 Å². The van der Waals surface area contributed by atoms with Gasteiger partial charge in [-0.25, -0.2) is 4.84 Å². The Bertz CT molecular complexity index is 587. The van der Waals surface area contributed by atoms with Crippen LogP contribution in [0.15, 0.2) is 30.3 Å². The fourth-order valence-corrected chi connectivity index (χ4v) is 2.92. The zero-order valence-corrected chi connectivity index (χ0v) is 13.5. The molecule has 1 heterocycles. The van der Waals surface area contributed by atoms with Crippen molar-refractivity contribution in [2.75, 3.05) is 13.1 Å². The zero-order valence-electron chi connectivity index (χ0n) is 13.5. The molecule has 1 fully saturated rings. The Morgan fingerprint density at radius 2 is 2.12 bits per heavy atom. The first-order valence-electron chi connectivity index (χ1n) is 7.97. The minimum absolute atomic E-state index is 0.166. The van der Waals surface area contributed by atoms with Gasteiger partial charge in [-0.05, 0) is 31.9 Å². The monoisotopic (exact) mass is 335 g/mol. The quantitative estimate of drug-likeness (QED) is 0.587. The fraction of sp³-hybridized carbons (Fsp3) is 0.500. The molecular formula is C16H21N3O5. The molecule has 24 heavy (non-hydrogen) atoms. The molecule has 0 bridgehead atoms. The third kappa shape index (κ3) is 4.51. The molecule has 1 aromatic carbocycles. The number of nitrogens with one attached hydrogen (secondary N) is 1. The number of benzene rings is 1. The standard InChI is InChI=1S/C16H21N3O5/c1-2-18(15(20)13-9-6-10-17-13)14(16(21)24-19(22)23)11-12-7-4-3-5-8-12/h3-5,7-8,13-14,17H,2,6,9-11H2,1H3/t13-,14-/m0/s1. The van der Waals surface area contributed by atoms with Crippen LogP contribution in [-0.4, -0.2) is 47.0 Å². The molecule has 130 valence electrons. The summed E-state index contributed by atoms with van der Waals surface area (Å²) in [6.45, 7) is 2.75. The molecule has 1 N–H and O–H groups in total. The molecule has 0 aromatic heterocycles. The Hall–Kier alpha value is -2.48. The highest BCUT2D eigenvalue weighted by Gasteiger charge is 2.35. The van der Waals surface area contributed by atoms with Crippen LogP contribution in [0.4, 0.5) is 0 Å². The summed E-state index contributed by atoms with van der Waals surface area (Å²) in [6.07, 6.45) is 1.74. The third-order valence-electron chi connectivity index (χ3n) is 4.07. The highest BCUT2D eigenvalue weighted by Crippen LogP contribution is 2.16. The maximum Gasteiger partial charge on any atom is 0.326 e. The largest absolute Gasteiger partial charge is 0.329 e. The predicted molar refractivity (Wildman–Crippen MR) is 85.4 cm³/mol. The van der Waals surface area contributed by atoms with Gasteiger partial charge >= 0.3 is 11.1 Å². The van der Waals surface area contributed by atoms with Crippen LogP contribution < -0.4 is 5.32 Å². The second-order valence-electron chi connectivity index (χ2n) is 5.61. The Kier molecular flexibility index (Phi) is 6.25. The van der Waals surface area contributed by atoms with Crippen molar-refractivity contribution in [2.45, 2.75) is 38.3 Å². The summed E-state index contributed by atoms with van der Waals surface area (Å²) in [4.78, 5) is 40.9. The second kappa shape index (κ2) is 8.39. The molecule has 1 aliphatic heterocycles. The number of hydrogen-bond acceptors (Lipinski definition) is 6. The van der Waals surface area contributed by atoms with Gasteiger partial charge in [0.1, 0.15) is 6.04 Å². The lowest BCUT2D eigenvalue weighted by molar-refractivity contribution is -0.730. The van der Waals surface area contributed by atoms with Gasteiger partial charge in [-0.1, -0.05) is 30.3 Å². The molecule has 1 amide bonds. The number of carbonyl (C=O) groups excluding carboxylic acids is 2. The first kappa shape index (κ1) is 17.9. The van der Waals surface area contributed by atoms with Gasteiger partial charge in [-0.2, -0.15) is 0 Å². The summed E-state index contributed by atoms with van der Waals surface area (Å²) in [5, 5.41) is 12.5. The van der Waals surface area contributed by atoms with Crippen molar-refractivity contribution >= 4 is 11.9 Å². The Morgan fingerprint density at radius 1 is 1.42 bits per heavy atom. The Balaban J connectivity index is 2.22. The molecule has 2 rings (SSSR count). The molecule has 0 spiro atoms. The Labute approximate surface area is 139 Å². The summed E-state index contributed by atoms with van der Waals surface area (Å²) in [7, 11) is 0. The van der Waals surface area contributed by atoms with Gasteiger partial charge in [0.05, 0.1) is 6.04 Å². The minimum atomic E-state index is -1.13. The lowest BCUT2D eigenvalue weighted by Gasteiger charge is -2.31. The summed E-state index contributed by atoms with van der Waals surface area (Å²) in [5.74, 6) is -1.26. The predicted octanol–water partition coefficient (Wildman–Crippen LogP) is 0.933. The first-order valence-corrected chi connectivity index (χ1v) is 7.97. The smallest absolute Gasteiger partial charge is 0.326 e. The van der Waals surface area contributed by atoms with Crippen molar-refractivity contribution in [2.24, 2.45) is 0 Å². The molecule has 8 heteroatoms. The van der Waals surface area contributed by atoms with Crippen molar-refractivity contribution in [3.05, 3.63) is 46.0 Å². The van der Waals surface area contributed by atoms with Crippen molar-refractivity contribution in [1.29, 1.82) is 0 Å². The Morgan fingerprint density at radius 3 is 2.67 bits per heavy atom. The summed E-state index contributed by atoms with van der Waals surface area (Å²) >= 11 is 0. The van der Waals surface area contributed by atoms with Gasteiger partial charge in [0.15, 0.2) is 0 Å². The molecule has 8 nitrogen and oxygen atoms in total. The van der Waals surface area contributed by atoms with E-state index in [0.717, 1.165) is 18.5 Å².